The van der Waals surface area contributed by atoms with Gasteiger partial charge in [-0.05, 0) is 75.8 Å². The maximum Gasteiger partial charge on any atom is 0.326 e. The predicted molar refractivity (Wildman–Crippen MR) is 151 cm³/mol. The molecule has 0 fully saturated rings. The van der Waals surface area contributed by atoms with Crippen LogP contribution in [0.2, 0.25) is 0 Å². The number of anilines is 2. The molecule has 1 unspecified atom stereocenters. The zero-order valence-corrected chi connectivity index (χ0v) is 22.8. The number of carbonyl (C=O) groups is 1. The molecule has 10 heteroatoms. The third-order valence-corrected chi connectivity index (χ3v) is 6.97. The molecule has 3 heterocycles. The second-order valence-electron chi connectivity index (χ2n) is 10.1. The molecule has 0 amide bonds. The van der Waals surface area contributed by atoms with Crippen molar-refractivity contribution in [1.29, 1.82) is 0 Å². The number of para-hydroxylation sites is 1. The Labute approximate surface area is 229 Å². The van der Waals surface area contributed by atoms with Crippen LogP contribution < -0.4 is 10.6 Å². The number of aliphatic carboxylic acids is 1. The van der Waals surface area contributed by atoms with E-state index >= 15 is 0 Å². The molecule has 0 saturated heterocycles. The van der Waals surface area contributed by atoms with E-state index in [1.807, 2.05) is 29.2 Å². The van der Waals surface area contributed by atoms with E-state index in [1.165, 1.54) is 12.7 Å². The fraction of sp³-hybridized carbons (Fsp3) is 0.517. The Bertz CT molecular complexity index is 1240. The number of unbranched alkanes of at least 4 members (excludes halogenated alkanes) is 1. The van der Waals surface area contributed by atoms with Crippen molar-refractivity contribution in [1.82, 2.24) is 19.9 Å². The number of methoxy groups -OCH3 is 1. The molecule has 0 spiro atoms. The molecule has 1 aliphatic heterocycles. The minimum Gasteiger partial charge on any atom is -0.480 e. The molecular formula is C29H39FN6O3. The van der Waals surface area contributed by atoms with Gasteiger partial charge in [0.15, 0.2) is 0 Å². The van der Waals surface area contributed by atoms with Crippen molar-refractivity contribution in [3.8, 4) is 0 Å². The van der Waals surface area contributed by atoms with Crippen LogP contribution in [0.3, 0.4) is 0 Å². The minimum atomic E-state index is -1.15. The molecule has 0 radical (unpaired) electrons. The first kappa shape index (κ1) is 28.6. The van der Waals surface area contributed by atoms with Crippen molar-refractivity contribution in [3.05, 3.63) is 53.5 Å². The summed E-state index contributed by atoms with van der Waals surface area (Å²) in [6, 6.07) is 10.9. The highest BCUT2D eigenvalue weighted by atomic mass is 19.1. The Balaban J connectivity index is 1.35. The molecule has 0 aliphatic carbocycles. The molecule has 2 atom stereocenters. The minimum absolute atomic E-state index is 0.00928. The maximum absolute atomic E-state index is 14.5. The van der Waals surface area contributed by atoms with Gasteiger partial charge in [-0.3, -0.25) is 0 Å². The van der Waals surface area contributed by atoms with Crippen LogP contribution in [0.15, 0.2) is 36.4 Å². The van der Waals surface area contributed by atoms with E-state index < -0.39 is 18.2 Å². The van der Waals surface area contributed by atoms with Gasteiger partial charge in [-0.15, -0.1) is 0 Å². The number of carboxylic acids is 1. The van der Waals surface area contributed by atoms with Gasteiger partial charge in [0, 0.05) is 37.8 Å². The van der Waals surface area contributed by atoms with Crippen LogP contribution in [0, 0.1) is 6.92 Å². The number of hydrogen-bond donors (Lipinski definition) is 3. The summed E-state index contributed by atoms with van der Waals surface area (Å²) in [6.45, 7) is 4.03. The van der Waals surface area contributed by atoms with Crippen molar-refractivity contribution in [2.24, 2.45) is 0 Å². The Morgan fingerprint density at radius 1 is 1.18 bits per heavy atom. The zero-order valence-electron chi connectivity index (χ0n) is 22.8. The number of alkyl halides is 1. The lowest BCUT2D eigenvalue weighted by molar-refractivity contribution is -0.138. The average Bonchev–Trinajstić information content (AvgIpc) is 2.92. The van der Waals surface area contributed by atoms with Crippen molar-refractivity contribution in [3.63, 3.8) is 0 Å². The molecule has 3 aromatic rings. The van der Waals surface area contributed by atoms with Gasteiger partial charge in [-0.1, -0.05) is 18.2 Å². The molecule has 2 aromatic heterocycles. The van der Waals surface area contributed by atoms with Crippen LogP contribution >= 0.6 is 0 Å². The van der Waals surface area contributed by atoms with E-state index in [0.717, 1.165) is 61.1 Å². The van der Waals surface area contributed by atoms with Gasteiger partial charge >= 0.3 is 5.97 Å². The first-order valence-electron chi connectivity index (χ1n) is 13.7. The molecule has 1 aliphatic rings. The van der Waals surface area contributed by atoms with Crippen LogP contribution in [0.1, 0.15) is 42.8 Å². The third kappa shape index (κ3) is 8.31. The number of halogens is 1. The number of nitrogens with zero attached hydrogens (tertiary/aromatic N) is 4. The highest BCUT2D eigenvalue weighted by Gasteiger charge is 2.22. The highest BCUT2D eigenvalue weighted by Crippen LogP contribution is 2.22. The Morgan fingerprint density at radius 2 is 2.03 bits per heavy atom. The first-order valence-corrected chi connectivity index (χ1v) is 13.7. The topological polar surface area (TPSA) is 113 Å². The van der Waals surface area contributed by atoms with E-state index in [4.69, 9.17) is 9.72 Å². The Morgan fingerprint density at radius 3 is 2.85 bits per heavy atom. The SMILES string of the molecule is COC[C@@H](F)CN(CCCCc1ccc2c(n1)NCCC2)CCC(Nc1nc(C)nc2ccccc12)C(=O)O. The summed E-state index contributed by atoms with van der Waals surface area (Å²) in [5.74, 6) is 1.08. The molecule has 1 aromatic carbocycles. The number of fused-ring (bicyclic) bond motifs is 2. The molecule has 9 nitrogen and oxygen atoms in total. The highest BCUT2D eigenvalue weighted by molar-refractivity contribution is 5.90. The summed E-state index contributed by atoms with van der Waals surface area (Å²) in [7, 11) is 1.48. The summed E-state index contributed by atoms with van der Waals surface area (Å²) < 4.78 is 19.5. The van der Waals surface area contributed by atoms with Gasteiger partial charge < -0.3 is 25.4 Å². The Hall–Kier alpha value is -3.37. The lowest BCUT2D eigenvalue weighted by atomic mass is 10.1. The third-order valence-electron chi connectivity index (χ3n) is 6.97. The van der Waals surface area contributed by atoms with Gasteiger partial charge in [-0.2, -0.15) is 0 Å². The van der Waals surface area contributed by atoms with Gasteiger partial charge in [0.25, 0.3) is 0 Å². The molecule has 3 N–H and O–H groups in total. The molecule has 0 bridgehead atoms. The number of aromatic nitrogens is 3. The molecule has 4 rings (SSSR count). The second-order valence-corrected chi connectivity index (χ2v) is 10.1. The summed E-state index contributed by atoms with van der Waals surface area (Å²) in [6.07, 6.45) is 3.96. The normalized spacial score (nSPS) is 14.6. The number of pyridine rings is 1. The predicted octanol–water partition coefficient (Wildman–Crippen LogP) is 4.26. The molecule has 210 valence electrons. The van der Waals surface area contributed by atoms with Crippen LogP contribution in [0.5, 0.6) is 0 Å². The maximum atomic E-state index is 14.5. The first-order chi connectivity index (χ1) is 18.9. The van der Waals surface area contributed by atoms with Crippen LogP contribution in [-0.2, 0) is 22.4 Å². The number of nitrogens with one attached hydrogen (secondary N) is 2. The van der Waals surface area contributed by atoms with E-state index in [9.17, 15) is 14.3 Å². The second kappa shape index (κ2) is 14.1. The number of rotatable bonds is 15. The summed E-state index contributed by atoms with van der Waals surface area (Å²) in [5, 5.41) is 17.2. The van der Waals surface area contributed by atoms with E-state index in [-0.39, 0.29) is 13.2 Å². The van der Waals surface area contributed by atoms with Crippen molar-refractivity contribution in [2.75, 3.05) is 50.5 Å². The molecule has 0 saturated carbocycles. The van der Waals surface area contributed by atoms with Crippen LogP contribution in [0.25, 0.3) is 10.9 Å². The van der Waals surface area contributed by atoms with E-state index in [0.29, 0.717) is 31.2 Å². The van der Waals surface area contributed by atoms with E-state index in [1.54, 1.807) is 6.92 Å². The van der Waals surface area contributed by atoms with Crippen molar-refractivity contribution >= 4 is 28.5 Å². The van der Waals surface area contributed by atoms with Gasteiger partial charge in [0.05, 0.1) is 12.1 Å². The van der Waals surface area contributed by atoms with Crippen LogP contribution in [0.4, 0.5) is 16.0 Å². The zero-order chi connectivity index (χ0) is 27.6. The lowest BCUT2D eigenvalue weighted by Crippen LogP contribution is -2.39. The average molecular weight is 539 g/mol. The largest absolute Gasteiger partial charge is 0.480 e. The van der Waals surface area contributed by atoms with Gasteiger partial charge in [0.2, 0.25) is 0 Å². The standard InChI is InChI=1S/C29H39FN6O3/c1-20-32-25-11-4-3-10-24(25)28(33-20)35-26(29(37)38)14-17-36(18-22(30)19-39-2)16-6-5-9-23-13-12-21-8-7-15-31-27(21)34-23/h3-4,10-13,22,26H,5-9,14-19H2,1-2H3,(H,31,34)(H,37,38)(H,32,33,35)/t22-,26?/m0/s1. The Kier molecular flexibility index (Phi) is 10.4. The van der Waals surface area contributed by atoms with E-state index in [2.05, 4.69) is 32.7 Å². The quantitative estimate of drug-likeness (QED) is 0.244. The van der Waals surface area contributed by atoms with Gasteiger partial charge in [0.1, 0.15) is 29.7 Å². The van der Waals surface area contributed by atoms with Crippen molar-refractivity contribution in [2.45, 2.75) is 57.7 Å². The number of benzene rings is 1. The van der Waals surface area contributed by atoms with Crippen LogP contribution in [-0.4, -0.2) is 83.0 Å². The smallest absolute Gasteiger partial charge is 0.326 e. The lowest BCUT2D eigenvalue weighted by Gasteiger charge is -2.26. The molecular weight excluding hydrogens is 499 g/mol. The van der Waals surface area contributed by atoms with Crippen molar-refractivity contribution < 1.29 is 19.0 Å². The fourth-order valence-electron chi connectivity index (χ4n) is 4.99. The summed E-state index contributed by atoms with van der Waals surface area (Å²) in [4.78, 5) is 27.8. The number of ether oxygens (including phenoxy) is 1. The van der Waals surface area contributed by atoms with Gasteiger partial charge in [-0.25, -0.2) is 24.1 Å². The number of hydrogen-bond acceptors (Lipinski definition) is 8. The number of aryl methyl sites for hydroxylation is 3. The summed E-state index contributed by atoms with van der Waals surface area (Å²) >= 11 is 0. The fourth-order valence-corrected chi connectivity index (χ4v) is 4.99. The number of carboxylic acid groups (broad SMARTS) is 1. The monoisotopic (exact) mass is 538 g/mol. The molecule has 39 heavy (non-hydrogen) atoms. The summed E-state index contributed by atoms with van der Waals surface area (Å²) in [5.41, 5.74) is 3.08.